The Balaban J connectivity index is 0. The van der Waals surface area contributed by atoms with Crippen molar-refractivity contribution in [2.45, 2.75) is 13.2 Å². The Kier molecular flexibility index (Phi) is 12.6. The van der Waals surface area contributed by atoms with E-state index in [1.807, 2.05) is 0 Å². The fourth-order valence-electron chi connectivity index (χ4n) is 0.463. The Morgan fingerprint density at radius 3 is 2.45 bits per heavy atom. The number of halogens is 1. The fraction of sp³-hybridized carbons (Fsp3) is 1.00. The molecule has 0 amide bonds. The van der Waals surface area contributed by atoms with Crippen LogP contribution in [-0.4, -0.2) is 37.8 Å². The first-order chi connectivity index (χ1) is 4.77. The van der Waals surface area contributed by atoms with Gasteiger partial charge in [0.15, 0.2) is 6.29 Å². The molecule has 5 heteroatoms. The van der Waals surface area contributed by atoms with Gasteiger partial charge in [0.1, 0.15) is 0 Å². The summed E-state index contributed by atoms with van der Waals surface area (Å²) in [6, 6.07) is 0. The summed E-state index contributed by atoms with van der Waals surface area (Å²) >= 11 is 0. The second-order valence-corrected chi connectivity index (χ2v) is 1.87. The molecule has 0 aliphatic rings. The van der Waals surface area contributed by atoms with E-state index >= 15 is 0 Å². The minimum Gasteiger partial charge on any atom is -0.378 e. The predicted molar refractivity (Wildman–Crippen MR) is 44.8 cm³/mol. The summed E-state index contributed by atoms with van der Waals surface area (Å²) in [4.78, 5) is 0. The molecule has 0 rings (SSSR count). The molecule has 11 heavy (non-hydrogen) atoms. The van der Waals surface area contributed by atoms with Crippen LogP contribution in [0.3, 0.4) is 0 Å². The highest BCUT2D eigenvalue weighted by molar-refractivity contribution is 5.85. The molecule has 0 radical (unpaired) electrons. The van der Waals surface area contributed by atoms with Crippen LogP contribution in [0, 0.1) is 0 Å². The van der Waals surface area contributed by atoms with Crippen LogP contribution in [0.15, 0.2) is 0 Å². The standard InChI is InChI=1S/C6H15NO3.ClH/c1-6(8)10-5-4-9-3-2-7;/h6,8H,2-5,7H2,1H3;1H. The molecule has 1 atom stereocenters. The van der Waals surface area contributed by atoms with Crippen LogP contribution in [0.25, 0.3) is 0 Å². The largest absolute Gasteiger partial charge is 0.378 e. The summed E-state index contributed by atoms with van der Waals surface area (Å²) < 4.78 is 9.75. The molecule has 3 N–H and O–H groups in total. The number of hydrogen-bond acceptors (Lipinski definition) is 4. The maximum atomic E-state index is 8.61. The first kappa shape index (κ1) is 13.7. The molecule has 0 heterocycles. The lowest BCUT2D eigenvalue weighted by atomic mass is 10.7. The highest BCUT2D eigenvalue weighted by Crippen LogP contribution is 1.83. The number of ether oxygens (including phenoxy) is 2. The van der Waals surface area contributed by atoms with E-state index in [0.29, 0.717) is 26.4 Å². The van der Waals surface area contributed by atoms with Crippen LogP contribution in [0.5, 0.6) is 0 Å². The smallest absolute Gasteiger partial charge is 0.151 e. The van der Waals surface area contributed by atoms with E-state index in [2.05, 4.69) is 0 Å². The third-order valence-electron chi connectivity index (χ3n) is 0.849. The number of aliphatic hydroxyl groups is 1. The third-order valence-corrected chi connectivity index (χ3v) is 0.849. The van der Waals surface area contributed by atoms with Crippen molar-refractivity contribution in [3.8, 4) is 0 Å². The van der Waals surface area contributed by atoms with Crippen LogP contribution < -0.4 is 5.73 Å². The molecule has 70 valence electrons. The molecule has 1 unspecified atom stereocenters. The second kappa shape index (κ2) is 10.1. The van der Waals surface area contributed by atoms with E-state index < -0.39 is 6.29 Å². The molecule has 0 aliphatic heterocycles. The zero-order valence-corrected chi connectivity index (χ0v) is 7.47. The zero-order valence-electron chi connectivity index (χ0n) is 6.66. The van der Waals surface area contributed by atoms with Gasteiger partial charge in [0.05, 0.1) is 19.8 Å². The van der Waals surface area contributed by atoms with Crippen LogP contribution >= 0.6 is 12.4 Å². The Hall–Kier alpha value is 0.130. The van der Waals surface area contributed by atoms with Crippen molar-refractivity contribution in [1.29, 1.82) is 0 Å². The highest BCUT2D eigenvalue weighted by Gasteiger charge is 1.92. The lowest BCUT2D eigenvalue weighted by molar-refractivity contribution is -0.0989. The van der Waals surface area contributed by atoms with Crippen molar-refractivity contribution >= 4 is 12.4 Å². The summed E-state index contributed by atoms with van der Waals surface area (Å²) in [5.74, 6) is 0. The van der Waals surface area contributed by atoms with E-state index in [-0.39, 0.29) is 12.4 Å². The summed E-state index contributed by atoms with van der Waals surface area (Å²) in [6.45, 7) is 3.53. The molecular formula is C6H16ClNO3. The van der Waals surface area contributed by atoms with E-state index in [1.165, 1.54) is 0 Å². The van der Waals surface area contributed by atoms with Crippen LogP contribution in [0.2, 0.25) is 0 Å². The van der Waals surface area contributed by atoms with Gasteiger partial charge in [-0.05, 0) is 6.92 Å². The zero-order chi connectivity index (χ0) is 7.82. The summed E-state index contributed by atoms with van der Waals surface area (Å²) in [5.41, 5.74) is 5.16. The molecule has 0 aromatic carbocycles. The van der Waals surface area contributed by atoms with Gasteiger partial charge in [0.2, 0.25) is 0 Å². The number of rotatable bonds is 6. The normalized spacial score (nSPS) is 12.3. The predicted octanol–water partition coefficient (Wildman–Crippen LogP) is -0.262. The highest BCUT2D eigenvalue weighted by atomic mass is 35.5. The van der Waals surface area contributed by atoms with Crippen LogP contribution in [0.4, 0.5) is 0 Å². The fourth-order valence-corrected chi connectivity index (χ4v) is 0.463. The Labute approximate surface area is 73.1 Å². The van der Waals surface area contributed by atoms with Crippen LogP contribution in [0.1, 0.15) is 6.92 Å². The Morgan fingerprint density at radius 1 is 1.36 bits per heavy atom. The molecule has 0 aromatic rings. The monoisotopic (exact) mass is 185 g/mol. The molecule has 4 nitrogen and oxygen atoms in total. The van der Waals surface area contributed by atoms with Gasteiger partial charge in [-0.25, -0.2) is 0 Å². The van der Waals surface area contributed by atoms with Crippen molar-refractivity contribution in [1.82, 2.24) is 0 Å². The Morgan fingerprint density at radius 2 is 2.00 bits per heavy atom. The molecule has 0 spiro atoms. The molecule has 0 saturated heterocycles. The third kappa shape index (κ3) is 13.2. The molecule has 0 bridgehead atoms. The number of hydrogen-bond donors (Lipinski definition) is 2. The van der Waals surface area contributed by atoms with Crippen LogP contribution in [-0.2, 0) is 9.47 Å². The van der Waals surface area contributed by atoms with Crippen molar-refractivity contribution in [2.24, 2.45) is 5.73 Å². The van der Waals surface area contributed by atoms with Gasteiger partial charge in [-0.2, -0.15) is 0 Å². The maximum Gasteiger partial charge on any atom is 0.151 e. The van der Waals surface area contributed by atoms with Gasteiger partial charge in [0.25, 0.3) is 0 Å². The first-order valence-corrected chi connectivity index (χ1v) is 3.35. The summed E-state index contributed by atoms with van der Waals surface area (Å²) in [7, 11) is 0. The molecule has 0 saturated carbocycles. The van der Waals surface area contributed by atoms with Gasteiger partial charge < -0.3 is 20.3 Å². The lowest BCUT2D eigenvalue weighted by Crippen LogP contribution is -2.15. The maximum absolute atomic E-state index is 8.61. The molecule has 0 aromatic heterocycles. The number of aliphatic hydroxyl groups excluding tert-OH is 1. The Bertz CT molecular complexity index is 72.8. The van der Waals surface area contributed by atoms with E-state index in [0.717, 1.165) is 0 Å². The van der Waals surface area contributed by atoms with Crippen molar-refractivity contribution < 1.29 is 14.6 Å². The topological polar surface area (TPSA) is 64.7 Å². The molecule has 0 aliphatic carbocycles. The quantitative estimate of drug-likeness (QED) is 0.442. The average molecular weight is 186 g/mol. The van der Waals surface area contributed by atoms with Gasteiger partial charge in [-0.15, -0.1) is 12.4 Å². The molecular weight excluding hydrogens is 170 g/mol. The first-order valence-electron chi connectivity index (χ1n) is 3.35. The van der Waals surface area contributed by atoms with Crippen molar-refractivity contribution in [3.63, 3.8) is 0 Å². The van der Waals surface area contributed by atoms with E-state index in [4.69, 9.17) is 20.3 Å². The summed E-state index contributed by atoms with van der Waals surface area (Å²) in [5, 5.41) is 8.61. The summed E-state index contributed by atoms with van der Waals surface area (Å²) in [6.07, 6.45) is -0.707. The SMILES string of the molecule is CC(O)OCCOCCN.Cl. The van der Waals surface area contributed by atoms with Crippen molar-refractivity contribution in [2.75, 3.05) is 26.4 Å². The minimum absolute atomic E-state index is 0. The van der Waals surface area contributed by atoms with E-state index in [1.54, 1.807) is 6.92 Å². The van der Waals surface area contributed by atoms with Gasteiger partial charge in [0, 0.05) is 6.54 Å². The van der Waals surface area contributed by atoms with Gasteiger partial charge >= 0.3 is 0 Å². The van der Waals surface area contributed by atoms with E-state index in [9.17, 15) is 0 Å². The lowest BCUT2D eigenvalue weighted by Gasteiger charge is -2.05. The molecule has 0 fully saturated rings. The average Bonchev–Trinajstić information content (AvgIpc) is 1.87. The second-order valence-electron chi connectivity index (χ2n) is 1.87. The van der Waals surface area contributed by atoms with Crippen molar-refractivity contribution in [3.05, 3.63) is 0 Å². The van der Waals surface area contributed by atoms with Gasteiger partial charge in [-0.3, -0.25) is 0 Å². The number of nitrogens with two attached hydrogens (primary N) is 1. The minimum atomic E-state index is -0.707. The van der Waals surface area contributed by atoms with Gasteiger partial charge in [-0.1, -0.05) is 0 Å².